The molecule has 0 spiro atoms. The molecule has 10 nitrogen and oxygen atoms in total. The maximum absolute atomic E-state index is 12.3. The van der Waals surface area contributed by atoms with Crippen LogP contribution in [0.3, 0.4) is 0 Å². The average molecular weight is 437 g/mol. The predicted molar refractivity (Wildman–Crippen MR) is 117 cm³/mol. The van der Waals surface area contributed by atoms with Gasteiger partial charge in [0.15, 0.2) is 17.3 Å². The van der Waals surface area contributed by atoms with E-state index in [9.17, 15) is 9.90 Å². The van der Waals surface area contributed by atoms with Gasteiger partial charge in [-0.25, -0.2) is 4.68 Å². The van der Waals surface area contributed by atoms with Gasteiger partial charge in [0, 0.05) is 11.3 Å². The minimum Gasteiger partial charge on any atom is -0.508 e. The first-order valence-electron chi connectivity index (χ1n) is 9.71. The van der Waals surface area contributed by atoms with Crippen molar-refractivity contribution >= 4 is 11.9 Å². The number of ether oxygens (including phenoxy) is 3. The number of hydrogen-bond donors (Lipinski definition) is 3. The number of rotatable bonds is 6. The Balaban J connectivity index is 1.89. The average Bonchev–Trinajstić information content (AvgIpc) is 3.20. The van der Waals surface area contributed by atoms with Crippen molar-refractivity contribution in [1.82, 2.24) is 14.8 Å². The van der Waals surface area contributed by atoms with Crippen LogP contribution in [-0.2, 0) is 4.79 Å². The van der Waals surface area contributed by atoms with Crippen LogP contribution in [0.1, 0.15) is 18.5 Å². The maximum Gasteiger partial charge on any atom is 0.248 e. The molecule has 0 aliphatic carbocycles. The van der Waals surface area contributed by atoms with Crippen molar-refractivity contribution in [3.05, 3.63) is 53.2 Å². The highest BCUT2D eigenvalue weighted by Crippen LogP contribution is 2.42. The summed E-state index contributed by atoms with van der Waals surface area (Å²) in [6.07, 6.45) is 0. The van der Waals surface area contributed by atoms with Crippen molar-refractivity contribution < 1.29 is 24.1 Å². The highest BCUT2D eigenvalue weighted by molar-refractivity contribution is 5.95. The van der Waals surface area contributed by atoms with Crippen molar-refractivity contribution in [3.63, 3.8) is 0 Å². The van der Waals surface area contributed by atoms with Gasteiger partial charge >= 0.3 is 0 Å². The molecule has 10 heteroatoms. The van der Waals surface area contributed by atoms with Gasteiger partial charge < -0.3 is 30.4 Å². The van der Waals surface area contributed by atoms with Gasteiger partial charge in [-0.05, 0) is 36.8 Å². The Labute approximate surface area is 184 Å². The fourth-order valence-corrected chi connectivity index (χ4v) is 3.81. The minimum atomic E-state index is -0.667. The molecule has 0 unspecified atom stereocenters. The van der Waals surface area contributed by atoms with Crippen molar-refractivity contribution in [2.24, 2.45) is 5.73 Å². The second kappa shape index (κ2) is 8.14. The number of nitrogens with two attached hydrogens (primary N) is 1. The van der Waals surface area contributed by atoms with E-state index >= 15 is 0 Å². The molecule has 2 heterocycles. The first kappa shape index (κ1) is 21.0. The smallest absolute Gasteiger partial charge is 0.248 e. The Kier molecular flexibility index (Phi) is 5.35. The summed E-state index contributed by atoms with van der Waals surface area (Å²) in [6.45, 7) is 1.74. The molecule has 32 heavy (non-hydrogen) atoms. The van der Waals surface area contributed by atoms with Crippen LogP contribution in [0.2, 0.25) is 0 Å². The summed E-state index contributed by atoms with van der Waals surface area (Å²) in [4.78, 5) is 16.9. The zero-order chi connectivity index (χ0) is 23.0. The van der Waals surface area contributed by atoms with E-state index in [1.165, 1.54) is 21.3 Å². The van der Waals surface area contributed by atoms with Gasteiger partial charge in [-0.1, -0.05) is 12.1 Å². The molecule has 3 aromatic rings. The fourth-order valence-electron chi connectivity index (χ4n) is 3.81. The monoisotopic (exact) mass is 437 g/mol. The number of carbonyl (C=O) groups excluding carboxylic acids is 1. The molecule has 1 aromatic heterocycles. The molecule has 1 amide bonds. The number of phenolic OH excluding ortho intramolecular Hbond substituents is 1. The van der Waals surface area contributed by atoms with Crippen LogP contribution in [0.4, 0.5) is 5.95 Å². The second-order valence-corrected chi connectivity index (χ2v) is 7.14. The third-order valence-electron chi connectivity index (χ3n) is 5.23. The quantitative estimate of drug-likeness (QED) is 0.535. The number of phenols is 1. The van der Waals surface area contributed by atoms with Crippen LogP contribution < -0.4 is 25.3 Å². The lowest BCUT2D eigenvalue weighted by Crippen LogP contribution is -2.31. The van der Waals surface area contributed by atoms with Gasteiger partial charge in [-0.15, -0.1) is 5.10 Å². The highest BCUT2D eigenvalue weighted by atomic mass is 16.5. The van der Waals surface area contributed by atoms with Crippen LogP contribution in [0, 0.1) is 0 Å². The standard InChI is InChI=1S/C22H23N5O5/c1-11-17(20(23)29)18(12-6-5-7-14(28)8-12)27-22(24-11)25-21(26-27)13-9-15(30-2)19(32-4)16(10-13)31-3/h5-10,18,28H,1-4H3,(H2,23,29)(H,24,25,26)/t18-/m0/s1. The third-order valence-corrected chi connectivity index (χ3v) is 5.23. The number of benzene rings is 2. The summed E-state index contributed by atoms with van der Waals surface area (Å²) in [5, 5.41) is 17.7. The lowest BCUT2D eigenvalue weighted by molar-refractivity contribution is -0.115. The van der Waals surface area contributed by atoms with Gasteiger partial charge in [-0.3, -0.25) is 4.79 Å². The first-order valence-corrected chi connectivity index (χ1v) is 9.71. The molecule has 166 valence electrons. The summed E-state index contributed by atoms with van der Waals surface area (Å²) in [7, 11) is 4.58. The molecule has 4 rings (SSSR count). The Morgan fingerprint density at radius 2 is 1.81 bits per heavy atom. The summed E-state index contributed by atoms with van der Waals surface area (Å²) in [5.41, 5.74) is 7.84. The van der Waals surface area contributed by atoms with Crippen LogP contribution in [0.5, 0.6) is 23.0 Å². The SMILES string of the molecule is COc1cc(-c2nc3n(n2)[C@@H](c2cccc(O)c2)C(C(N)=O)=C(C)N3)cc(OC)c1OC. The molecule has 0 radical (unpaired) electrons. The lowest BCUT2D eigenvalue weighted by Gasteiger charge is -2.27. The minimum absolute atomic E-state index is 0.0639. The van der Waals surface area contributed by atoms with Gasteiger partial charge in [0.2, 0.25) is 17.6 Å². The zero-order valence-corrected chi connectivity index (χ0v) is 18.0. The number of methoxy groups -OCH3 is 3. The molecule has 0 saturated heterocycles. The molecule has 1 aliphatic rings. The van der Waals surface area contributed by atoms with Crippen molar-refractivity contribution in [2.75, 3.05) is 26.6 Å². The number of aromatic nitrogens is 3. The largest absolute Gasteiger partial charge is 0.508 e. The van der Waals surface area contributed by atoms with Gasteiger partial charge in [0.05, 0.1) is 26.9 Å². The number of hydrogen-bond acceptors (Lipinski definition) is 8. The number of nitrogens with zero attached hydrogens (tertiary/aromatic N) is 3. The third kappa shape index (κ3) is 3.45. The van der Waals surface area contributed by atoms with E-state index in [4.69, 9.17) is 19.9 Å². The molecule has 4 N–H and O–H groups in total. The summed E-state index contributed by atoms with van der Waals surface area (Å²) < 4.78 is 17.8. The molecule has 2 aromatic carbocycles. The Morgan fingerprint density at radius 1 is 1.12 bits per heavy atom. The Hall–Kier alpha value is -4.21. The molecule has 0 bridgehead atoms. The molecular formula is C22H23N5O5. The van der Waals surface area contributed by atoms with Crippen LogP contribution in [0.25, 0.3) is 11.4 Å². The Morgan fingerprint density at radius 3 is 2.38 bits per heavy atom. The van der Waals surface area contributed by atoms with E-state index in [1.807, 2.05) is 0 Å². The van der Waals surface area contributed by atoms with E-state index in [0.29, 0.717) is 51.4 Å². The highest BCUT2D eigenvalue weighted by Gasteiger charge is 2.33. The van der Waals surface area contributed by atoms with E-state index < -0.39 is 11.9 Å². The van der Waals surface area contributed by atoms with Crippen LogP contribution in [0.15, 0.2) is 47.7 Å². The fraction of sp³-hybridized carbons (Fsp3) is 0.227. The summed E-state index contributed by atoms with van der Waals surface area (Å²) in [6, 6.07) is 9.40. The molecule has 0 fully saturated rings. The van der Waals surface area contributed by atoms with Crippen molar-refractivity contribution in [2.45, 2.75) is 13.0 Å². The van der Waals surface area contributed by atoms with Gasteiger partial charge in [0.1, 0.15) is 11.8 Å². The summed E-state index contributed by atoms with van der Waals surface area (Å²) in [5.74, 6) is 1.62. The summed E-state index contributed by atoms with van der Waals surface area (Å²) >= 11 is 0. The topological polar surface area (TPSA) is 134 Å². The van der Waals surface area contributed by atoms with E-state index in [0.717, 1.165) is 0 Å². The van der Waals surface area contributed by atoms with Crippen molar-refractivity contribution in [1.29, 1.82) is 0 Å². The molecule has 1 aliphatic heterocycles. The predicted octanol–water partition coefficient (Wildman–Crippen LogP) is 2.45. The molecule has 0 saturated carbocycles. The maximum atomic E-state index is 12.3. The Bertz CT molecular complexity index is 1210. The van der Waals surface area contributed by atoms with Crippen molar-refractivity contribution in [3.8, 4) is 34.4 Å². The number of aromatic hydroxyl groups is 1. The lowest BCUT2D eigenvalue weighted by atomic mass is 9.95. The van der Waals surface area contributed by atoms with Crippen LogP contribution >= 0.6 is 0 Å². The number of fused-ring (bicyclic) bond motifs is 1. The number of anilines is 1. The number of nitrogens with one attached hydrogen (secondary N) is 1. The number of amides is 1. The number of primary amides is 1. The number of allylic oxidation sites excluding steroid dienone is 1. The van der Waals surface area contributed by atoms with Gasteiger partial charge in [0.25, 0.3) is 0 Å². The van der Waals surface area contributed by atoms with Gasteiger partial charge in [-0.2, -0.15) is 4.98 Å². The number of carbonyl (C=O) groups is 1. The normalized spacial score (nSPS) is 15.1. The zero-order valence-electron chi connectivity index (χ0n) is 18.0. The second-order valence-electron chi connectivity index (χ2n) is 7.14. The first-order chi connectivity index (χ1) is 15.4. The van der Waals surface area contributed by atoms with E-state index in [2.05, 4.69) is 15.4 Å². The van der Waals surface area contributed by atoms with E-state index in [-0.39, 0.29) is 5.75 Å². The van der Waals surface area contributed by atoms with Crippen LogP contribution in [-0.4, -0.2) is 47.1 Å². The van der Waals surface area contributed by atoms with E-state index in [1.54, 1.807) is 48.0 Å². The molecule has 1 atom stereocenters. The molecular weight excluding hydrogens is 414 g/mol.